The number of rotatable bonds is 4. The van der Waals surface area contributed by atoms with Gasteiger partial charge in [-0.15, -0.1) is 0 Å². The van der Waals surface area contributed by atoms with Crippen LogP contribution in [0.15, 0.2) is 36.4 Å². The van der Waals surface area contributed by atoms with Gasteiger partial charge < -0.3 is 10.1 Å². The van der Waals surface area contributed by atoms with Gasteiger partial charge in [-0.05, 0) is 49.7 Å². The molecule has 1 unspecified atom stereocenters. The van der Waals surface area contributed by atoms with E-state index in [9.17, 15) is 4.39 Å². The predicted molar refractivity (Wildman–Crippen MR) is 79.8 cm³/mol. The first kappa shape index (κ1) is 14.5. The molecule has 0 aliphatic carbocycles. The lowest BCUT2D eigenvalue weighted by atomic mass is 9.93. The summed E-state index contributed by atoms with van der Waals surface area (Å²) >= 11 is 0. The van der Waals surface area contributed by atoms with Crippen LogP contribution in [0.25, 0.3) is 0 Å². The Morgan fingerprint density at radius 3 is 2.40 bits per heavy atom. The van der Waals surface area contributed by atoms with Crippen LogP contribution in [-0.2, 0) is 0 Å². The van der Waals surface area contributed by atoms with Crippen LogP contribution >= 0.6 is 0 Å². The SMILES string of the molecule is CNC(c1ccc(OC)cc1C)c1cccc(C)c1F. The van der Waals surface area contributed by atoms with Crippen molar-refractivity contribution in [2.45, 2.75) is 19.9 Å². The quantitative estimate of drug-likeness (QED) is 0.915. The first-order chi connectivity index (χ1) is 9.58. The monoisotopic (exact) mass is 273 g/mol. The molecule has 2 rings (SSSR count). The Morgan fingerprint density at radius 1 is 1.05 bits per heavy atom. The highest BCUT2D eigenvalue weighted by atomic mass is 19.1. The number of halogens is 1. The number of aryl methyl sites for hydroxylation is 2. The molecule has 106 valence electrons. The van der Waals surface area contributed by atoms with Crippen LogP contribution in [0.2, 0.25) is 0 Å². The fraction of sp³-hybridized carbons (Fsp3) is 0.294. The van der Waals surface area contributed by atoms with Crippen molar-refractivity contribution < 1.29 is 9.13 Å². The van der Waals surface area contributed by atoms with Gasteiger partial charge in [0.1, 0.15) is 11.6 Å². The molecule has 0 saturated heterocycles. The second kappa shape index (κ2) is 6.06. The minimum Gasteiger partial charge on any atom is -0.497 e. The Hall–Kier alpha value is -1.87. The molecule has 0 aromatic heterocycles. The molecular formula is C17H20FNO. The zero-order valence-corrected chi connectivity index (χ0v) is 12.3. The molecule has 0 amide bonds. The van der Waals surface area contributed by atoms with Gasteiger partial charge in [0.05, 0.1) is 13.2 Å². The molecule has 0 aliphatic heterocycles. The van der Waals surface area contributed by atoms with E-state index in [1.807, 2.05) is 44.3 Å². The lowest BCUT2D eigenvalue weighted by Gasteiger charge is -2.21. The molecule has 20 heavy (non-hydrogen) atoms. The minimum atomic E-state index is -0.166. The minimum absolute atomic E-state index is 0.151. The van der Waals surface area contributed by atoms with E-state index in [0.29, 0.717) is 11.1 Å². The van der Waals surface area contributed by atoms with Gasteiger partial charge in [0, 0.05) is 5.56 Å². The average Bonchev–Trinajstić information content (AvgIpc) is 2.45. The summed E-state index contributed by atoms with van der Waals surface area (Å²) in [5.41, 5.74) is 3.46. The molecule has 1 atom stereocenters. The van der Waals surface area contributed by atoms with Crippen molar-refractivity contribution in [2.75, 3.05) is 14.2 Å². The molecule has 0 radical (unpaired) electrons. The van der Waals surface area contributed by atoms with Gasteiger partial charge in [-0.1, -0.05) is 24.3 Å². The molecule has 2 aromatic rings. The summed E-state index contributed by atoms with van der Waals surface area (Å²) in [5, 5.41) is 3.20. The van der Waals surface area contributed by atoms with E-state index < -0.39 is 0 Å². The summed E-state index contributed by atoms with van der Waals surface area (Å²) in [6.45, 7) is 3.79. The molecular weight excluding hydrogens is 253 g/mol. The molecule has 0 aliphatic rings. The highest BCUT2D eigenvalue weighted by Gasteiger charge is 2.19. The molecule has 0 saturated carbocycles. The van der Waals surface area contributed by atoms with E-state index in [2.05, 4.69) is 5.32 Å². The topological polar surface area (TPSA) is 21.3 Å². The third-order valence-corrected chi connectivity index (χ3v) is 3.61. The van der Waals surface area contributed by atoms with Crippen molar-refractivity contribution in [1.82, 2.24) is 5.32 Å². The van der Waals surface area contributed by atoms with Crippen LogP contribution in [0.1, 0.15) is 28.3 Å². The van der Waals surface area contributed by atoms with E-state index in [1.54, 1.807) is 20.1 Å². The van der Waals surface area contributed by atoms with Gasteiger partial charge in [0.2, 0.25) is 0 Å². The summed E-state index contributed by atoms with van der Waals surface area (Å²) in [5.74, 6) is 0.660. The number of hydrogen-bond acceptors (Lipinski definition) is 2. The average molecular weight is 273 g/mol. The summed E-state index contributed by atoms with van der Waals surface area (Å²) < 4.78 is 19.6. The van der Waals surface area contributed by atoms with Gasteiger partial charge in [-0.3, -0.25) is 0 Å². The Kier molecular flexibility index (Phi) is 4.40. The van der Waals surface area contributed by atoms with Gasteiger partial charge in [0.25, 0.3) is 0 Å². The Morgan fingerprint density at radius 2 is 1.80 bits per heavy atom. The van der Waals surface area contributed by atoms with Crippen LogP contribution in [-0.4, -0.2) is 14.2 Å². The molecule has 0 spiro atoms. The molecule has 2 nitrogen and oxygen atoms in total. The van der Waals surface area contributed by atoms with E-state index >= 15 is 0 Å². The largest absolute Gasteiger partial charge is 0.497 e. The summed E-state index contributed by atoms with van der Waals surface area (Å²) in [7, 11) is 3.49. The highest BCUT2D eigenvalue weighted by molar-refractivity contribution is 5.42. The van der Waals surface area contributed by atoms with Crippen LogP contribution in [0.3, 0.4) is 0 Å². The Bertz CT molecular complexity index is 610. The van der Waals surface area contributed by atoms with E-state index in [-0.39, 0.29) is 11.9 Å². The highest BCUT2D eigenvalue weighted by Crippen LogP contribution is 2.29. The molecule has 3 heteroatoms. The zero-order chi connectivity index (χ0) is 14.7. The maximum Gasteiger partial charge on any atom is 0.131 e. The molecule has 0 heterocycles. The molecule has 0 fully saturated rings. The van der Waals surface area contributed by atoms with Crippen LogP contribution in [0.4, 0.5) is 4.39 Å². The first-order valence-electron chi connectivity index (χ1n) is 6.65. The summed E-state index contributed by atoms with van der Waals surface area (Å²) in [6, 6.07) is 11.2. The van der Waals surface area contributed by atoms with Gasteiger partial charge in [0.15, 0.2) is 0 Å². The first-order valence-corrected chi connectivity index (χ1v) is 6.65. The van der Waals surface area contributed by atoms with Crippen molar-refractivity contribution >= 4 is 0 Å². The standard InChI is InChI=1S/C17H20FNO/c1-11-6-5-7-15(16(11)18)17(19-3)14-9-8-13(20-4)10-12(14)2/h5-10,17,19H,1-4H3. The lowest BCUT2D eigenvalue weighted by molar-refractivity contribution is 0.414. The van der Waals surface area contributed by atoms with Crippen molar-refractivity contribution in [1.29, 1.82) is 0 Å². The van der Waals surface area contributed by atoms with Gasteiger partial charge >= 0.3 is 0 Å². The molecule has 1 N–H and O–H groups in total. The maximum absolute atomic E-state index is 14.3. The fourth-order valence-corrected chi connectivity index (χ4v) is 2.47. The predicted octanol–water partition coefficient (Wildman–Crippen LogP) is 3.76. The number of hydrogen-bond donors (Lipinski definition) is 1. The van der Waals surface area contributed by atoms with E-state index in [4.69, 9.17) is 4.74 Å². The summed E-state index contributed by atoms with van der Waals surface area (Å²) in [4.78, 5) is 0. The molecule has 2 aromatic carbocycles. The van der Waals surface area contributed by atoms with E-state index in [1.165, 1.54) is 0 Å². The normalized spacial score (nSPS) is 12.2. The lowest BCUT2D eigenvalue weighted by Crippen LogP contribution is -2.20. The third-order valence-electron chi connectivity index (χ3n) is 3.61. The Balaban J connectivity index is 2.50. The number of methoxy groups -OCH3 is 1. The van der Waals surface area contributed by atoms with Crippen molar-refractivity contribution in [2.24, 2.45) is 0 Å². The fourth-order valence-electron chi connectivity index (χ4n) is 2.47. The van der Waals surface area contributed by atoms with Crippen LogP contribution in [0, 0.1) is 19.7 Å². The number of ether oxygens (including phenoxy) is 1. The maximum atomic E-state index is 14.3. The zero-order valence-electron chi connectivity index (χ0n) is 12.3. The second-order valence-electron chi connectivity index (χ2n) is 4.92. The second-order valence-corrected chi connectivity index (χ2v) is 4.92. The Labute approximate surface area is 119 Å². The number of nitrogens with one attached hydrogen (secondary N) is 1. The smallest absolute Gasteiger partial charge is 0.131 e. The van der Waals surface area contributed by atoms with Gasteiger partial charge in [-0.25, -0.2) is 4.39 Å². The van der Waals surface area contributed by atoms with Crippen molar-refractivity contribution in [3.05, 3.63) is 64.5 Å². The molecule has 0 bridgehead atoms. The van der Waals surface area contributed by atoms with Crippen LogP contribution < -0.4 is 10.1 Å². The van der Waals surface area contributed by atoms with Gasteiger partial charge in [-0.2, -0.15) is 0 Å². The van der Waals surface area contributed by atoms with Crippen molar-refractivity contribution in [3.63, 3.8) is 0 Å². The van der Waals surface area contributed by atoms with Crippen LogP contribution in [0.5, 0.6) is 5.75 Å². The number of benzene rings is 2. The summed E-state index contributed by atoms with van der Waals surface area (Å²) in [6.07, 6.45) is 0. The van der Waals surface area contributed by atoms with E-state index in [0.717, 1.165) is 16.9 Å². The third kappa shape index (κ3) is 2.68. The van der Waals surface area contributed by atoms with Crippen molar-refractivity contribution in [3.8, 4) is 5.75 Å².